The van der Waals surface area contributed by atoms with Gasteiger partial charge in [0.25, 0.3) is 0 Å². The van der Waals surface area contributed by atoms with E-state index in [0.29, 0.717) is 30.9 Å². The van der Waals surface area contributed by atoms with Crippen LogP contribution in [0.5, 0.6) is 5.75 Å². The number of hydrogen-bond donors (Lipinski definition) is 3. The third kappa shape index (κ3) is 9.24. The van der Waals surface area contributed by atoms with Crippen LogP contribution in [-0.4, -0.2) is 30.0 Å². The van der Waals surface area contributed by atoms with E-state index in [1.165, 1.54) is 0 Å². The minimum Gasteiger partial charge on any atom is -0.489 e. The third-order valence-electron chi connectivity index (χ3n) is 5.92. The summed E-state index contributed by atoms with van der Waals surface area (Å²) in [5.74, 6) is 2.45. The number of anilines is 1. The van der Waals surface area contributed by atoms with Crippen molar-refractivity contribution >= 4 is 23.6 Å². The fourth-order valence-electron chi connectivity index (χ4n) is 3.61. The Labute approximate surface area is 229 Å². The van der Waals surface area contributed by atoms with Crippen LogP contribution in [0.3, 0.4) is 0 Å². The highest BCUT2D eigenvalue weighted by atomic mass is 16.5. The van der Waals surface area contributed by atoms with Crippen LogP contribution in [0, 0.1) is 12.3 Å². The summed E-state index contributed by atoms with van der Waals surface area (Å²) in [5, 5.41) is 8.11. The zero-order chi connectivity index (χ0) is 28.0. The predicted molar refractivity (Wildman–Crippen MR) is 150 cm³/mol. The van der Waals surface area contributed by atoms with Gasteiger partial charge in [-0.25, -0.2) is 4.79 Å². The quantitative estimate of drug-likeness (QED) is 0.294. The van der Waals surface area contributed by atoms with Gasteiger partial charge in [-0.15, -0.1) is 6.42 Å². The molecule has 8 heteroatoms. The average molecular weight is 528 g/mol. The molecular weight excluding hydrogens is 494 g/mol. The van der Waals surface area contributed by atoms with Crippen molar-refractivity contribution < 1.29 is 23.9 Å². The van der Waals surface area contributed by atoms with E-state index >= 15 is 0 Å². The van der Waals surface area contributed by atoms with Crippen molar-refractivity contribution in [2.24, 2.45) is 0 Å². The molecule has 0 radical (unpaired) electrons. The number of nitrogens with one attached hydrogen (secondary N) is 3. The predicted octanol–water partition coefficient (Wildman–Crippen LogP) is 4.79. The summed E-state index contributed by atoms with van der Waals surface area (Å²) >= 11 is 0. The molecule has 39 heavy (non-hydrogen) atoms. The van der Waals surface area contributed by atoms with Crippen LogP contribution < -0.4 is 20.7 Å². The Hall–Kier alpha value is -4.77. The van der Waals surface area contributed by atoms with Gasteiger partial charge in [0.05, 0.1) is 0 Å². The van der Waals surface area contributed by atoms with Crippen LogP contribution in [0.2, 0.25) is 0 Å². The number of amides is 3. The van der Waals surface area contributed by atoms with Crippen LogP contribution >= 0.6 is 0 Å². The van der Waals surface area contributed by atoms with Crippen LogP contribution in [0.1, 0.15) is 43.4 Å². The summed E-state index contributed by atoms with van der Waals surface area (Å²) in [6.07, 6.45) is 5.37. The first-order chi connectivity index (χ1) is 18.9. The Morgan fingerprint density at radius 2 is 1.38 bits per heavy atom. The molecule has 3 rings (SSSR count). The summed E-state index contributed by atoms with van der Waals surface area (Å²) in [6, 6.07) is 22.1. The molecule has 0 aromatic heterocycles. The van der Waals surface area contributed by atoms with Gasteiger partial charge in [0.2, 0.25) is 11.8 Å². The number of terminal acetylenes is 1. The summed E-state index contributed by atoms with van der Waals surface area (Å²) in [5.41, 5.74) is 3.13. The SMILES string of the molecule is C#Cc1ccc(OCc2ccc(NC(=O)[C@H](CC)NC(=O)C(CC)NC(=O)OCc3ccccc3)cc2)cc1. The number of hydrogen-bond acceptors (Lipinski definition) is 5. The molecule has 2 atom stereocenters. The van der Waals surface area contributed by atoms with Crippen molar-refractivity contribution in [1.29, 1.82) is 0 Å². The lowest BCUT2D eigenvalue weighted by Crippen LogP contribution is -2.52. The molecule has 0 aliphatic carbocycles. The van der Waals surface area contributed by atoms with E-state index in [1.807, 2.05) is 66.7 Å². The molecule has 3 aromatic rings. The normalized spacial score (nSPS) is 11.8. The van der Waals surface area contributed by atoms with Crippen LogP contribution in [-0.2, 0) is 27.5 Å². The van der Waals surface area contributed by atoms with Crippen LogP contribution in [0.25, 0.3) is 0 Å². The molecule has 0 spiro atoms. The van der Waals surface area contributed by atoms with E-state index in [4.69, 9.17) is 15.9 Å². The van der Waals surface area contributed by atoms with E-state index in [9.17, 15) is 14.4 Å². The second-order valence-electron chi connectivity index (χ2n) is 8.78. The van der Waals surface area contributed by atoms with Gasteiger partial charge >= 0.3 is 6.09 Å². The van der Waals surface area contributed by atoms with E-state index in [0.717, 1.165) is 16.7 Å². The molecule has 8 nitrogen and oxygen atoms in total. The van der Waals surface area contributed by atoms with Crippen molar-refractivity contribution in [2.75, 3.05) is 5.32 Å². The maximum absolute atomic E-state index is 12.8. The molecule has 202 valence electrons. The van der Waals surface area contributed by atoms with Crippen molar-refractivity contribution in [3.8, 4) is 18.1 Å². The number of alkyl carbamates (subject to hydrolysis) is 1. The summed E-state index contributed by atoms with van der Waals surface area (Å²) in [7, 11) is 0. The number of carbonyl (C=O) groups excluding carboxylic acids is 3. The van der Waals surface area contributed by atoms with Gasteiger partial charge in [-0.1, -0.05) is 62.2 Å². The van der Waals surface area contributed by atoms with Gasteiger partial charge in [-0.3, -0.25) is 9.59 Å². The fourth-order valence-corrected chi connectivity index (χ4v) is 3.61. The minimum absolute atomic E-state index is 0.0925. The molecule has 0 aliphatic heterocycles. The van der Waals surface area contributed by atoms with Gasteiger partial charge in [0.1, 0.15) is 31.0 Å². The largest absolute Gasteiger partial charge is 0.489 e. The van der Waals surface area contributed by atoms with Crippen molar-refractivity contribution in [2.45, 2.75) is 52.0 Å². The Morgan fingerprint density at radius 3 is 2.00 bits per heavy atom. The van der Waals surface area contributed by atoms with E-state index in [1.54, 1.807) is 26.0 Å². The van der Waals surface area contributed by atoms with Crippen LogP contribution in [0.15, 0.2) is 78.9 Å². The summed E-state index contributed by atoms with van der Waals surface area (Å²) < 4.78 is 11.0. The van der Waals surface area contributed by atoms with Gasteiger partial charge in [0, 0.05) is 11.3 Å². The first-order valence-corrected chi connectivity index (χ1v) is 12.8. The molecular formula is C31H33N3O5. The van der Waals surface area contributed by atoms with E-state index < -0.39 is 24.1 Å². The lowest BCUT2D eigenvalue weighted by Gasteiger charge is -2.21. The van der Waals surface area contributed by atoms with Gasteiger partial charge in [-0.2, -0.15) is 0 Å². The molecule has 0 saturated carbocycles. The smallest absolute Gasteiger partial charge is 0.408 e. The first kappa shape index (κ1) is 28.8. The Morgan fingerprint density at radius 1 is 0.769 bits per heavy atom. The summed E-state index contributed by atoms with van der Waals surface area (Å²) in [6.45, 7) is 4.01. The Balaban J connectivity index is 1.47. The van der Waals surface area contributed by atoms with E-state index in [2.05, 4.69) is 21.9 Å². The zero-order valence-corrected chi connectivity index (χ0v) is 22.1. The maximum atomic E-state index is 12.8. The third-order valence-corrected chi connectivity index (χ3v) is 5.92. The standard InChI is InChI=1S/C31H33N3O5/c1-4-22-14-18-26(19-15-22)38-20-24-12-16-25(17-13-24)32-29(35)27(5-2)33-30(36)28(6-3)34-31(37)39-21-23-10-8-7-9-11-23/h1,7-19,27-28H,5-6,20-21H2,2-3H3,(H,32,35)(H,33,36)(H,34,37)/t27-,28?/m0/s1. The highest BCUT2D eigenvalue weighted by Crippen LogP contribution is 2.16. The molecule has 0 aliphatic rings. The van der Waals surface area contributed by atoms with Gasteiger partial charge < -0.3 is 25.4 Å². The number of ether oxygens (including phenoxy) is 2. The zero-order valence-electron chi connectivity index (χ0n) is 22.1. The molecule has 0 fully saturated rings. The average Bonchev–Trinajstić information content (AvgIpc) is 2.97. The fraction of sp³-hybridized carbons (Fsp3) is 0.258. The minimum atomic E-state index is -0.836. The number of rotatable bonds is 12. The second-order valence-corrected chi connectivity index (χ2v) is 8.78. The molecule has 3 aromatic carbocycles. The first-order valence-electron chi connectivity index (χ1n) is 12.8. The Bertz CT molecular complexity index is 1270. The maximum Gasteiger partial charge on any atom is 0.408 e. The Kier molecular flexibility index (Phi) is 11.0. The topological polar surface area (TPSA) is 106 Å². The molecule has 1 unspecified atom stereocenters. The molecule has 0 saturated heterocycles. The lowest BCUT2D eigenvalue weighted by molar-refractivity contribution is -0.128. The lowest BCUT2D eigenvalue weighted by atomic mass is 10.1. The molecule has 3 amide bonds. The summed E-state index contributed by atoms with van der Waals surface area (Å²) in [4.78, 5) is 37.8. The van der Waals surface area contributed by atoms with E-state index in [-0.39, 0.29) is 12.5 Å². The molecule has 3 N–H and O–H groups in total. The van der Waals surface area contributed by atoms with Gasteiger partial charge in [-0.05, 0) is 60.4 Å². The number of carbonyl (C=O) groups is 3. The second kappa shape index (κ2) is 14.8. The van der Waals surface area contributed by atoms with Gasteiger partial charge in [0.15, 0.2) is 0 Å². The molecule has 0 bridgehead atoms. The highest BCUT2D eigenvalue weighted by Gasteiger charge is 2.25. The van der Waals surface area contributed by atoms with Crippen molar-refractivity contribution in [1.82, 2.24) is 10.6 Å². The van der Waals surface area contributed by atoms with Crippen molar-refractivity contribution in [3.05, 3.63) is 95.6 Å². The number of benzene rings is 3. The highest BCUT2D eigenvalue weighted by molar-refractivity contribution is 5.98. The van der Waals surface area contributed by atoms with Crippen LogP contribution in [0.4, 0.5) is 10.5 Å². The molecule has 0 heterocycles. The monoisotopic (exact) mass is 527 g/mol. The van der Waals surface area contributed by atoms with Crippen molar-refractivity contribution in [3.63, 3.8) is 0 Å².